The van der Waals surface area contributed by atoms with E-state index in [-0.39, 0.29) is 11.3 Å². The van der Waals surface area contributed by atoms with Gasteiger partial charge in [-0.3, -0.25) is 9.59 Å². The average molecular weight is 430 g/mol. The SMILES string of the molecule is CCc1ccc(C(=O)C(C)Sc2nc3ccccc3c(=O)n2-c2ncccc2C)cc1. The monoisotopic (exact) mass is 429 g/mol. The topological polar surface area (TPSA) is 64.8 Å². The summed E-state index contributed by atoms with van der Waals surface area (Å²) in [5.41, 5.74) is 3.11. The van der Waals surface area contributed by atoms with Gasteiger partial charge in [-0.2, -0.15) is 0 Å². The van der Waals surface area contributed by atoms with Crippen molar-refractivity contribution in [3.8, 4) is 5.82 Å². The van der Waals surface area contributed by atoms with Gasteiger partial charge in [0, 0.05) is 11.8 Å². The van der Waals surface area contributed by atoms with Gasteiger partial charge in [-0.15, -0.1) is 0 Å². The molecule has 2 aromatic carbocycles. The Morgan fingerprint density at radius 2 is 1.81 bits per heavy atom. The van der Waals surface area contributed by atoms with Crippen LogP contribution in [-0.2, 0) is 6.42 Å². The van der Waals surface area contributed by atoms with Gasteiger partial charge in [0.2, 0.25) is 0 Å². The van der Waals surface area contributed by atoms with Gasteiger partial charge < -0.3 is 0 Å². The standard InChI is InChI=1S/C25H23N3O2S/c1-4-18-11-13-19(14-12-18)22(29)17(3)31-25-27-21-10-6-5-9-20(21)24(30)28(25)23-16(2)8-7-15-26-23/h5-15,17H,4H2,1-3H3. The molecule has 1 unspecified atom stereocenters. The number of aromatic nitrogens is 3. The summed E-state index contributed by atoms with van der Waals surface area (Å²) in [6.45, 7) is 5.83. The normalized spacial score (nSPS) is 12.1. The van der Waals surface area contributed by atoms with E-state index in [0.29, 0.717) is 27.4 Å². The number of aryl methyl sites for hydroxylation is 2. The first-order chi connectivity index (χ1) is 15.0. The number of carbonyl (C=O) groups is 1. The first-order valence-corrected chi connectivity index (χ1v) is 11.1. The van der Waals surface area contributed by atoms with Crippen molar-refractivity contribution in [2.75, 3.05) is 0 Å². The van der Waals surface area contributed by atoms with Gasteiger partial charge in [0.05, 0.1) is 16.2 Å². The molecule has 0 saturated carbocycles. The molecule has 2 heterocycles. The number of ketones is 1. The van der Waals surface area contributed by atoms with Crippen LogP contribution in [0.25, 0.3) is 16.7 Å². The fourth-order valence-corrected chi connectivity index (χ4v) is 4.43. The van der Waals surface area contributed by atoms with Crippen LogP contribution in [0.3, 0.4) is 0 Å². The van der Waals surface area contributed by atoms with Gasteiger partial charge in [0.25, 0.3) is 5.56 Å². The number of fused-ring (bicyclic) bond motifs is 1. The third-order valence-corrected chi connectivity index (χ3v) is 6.29. The first kappa shape index (κ1) is 21.0. The summed E-state index contributed by atoms with van der Waals surface area (Å²) in [5, 5.41) is 0.554. The number of thioether (sulfide) groups is 1. The lowest BCUT2D eigenvalue weighted by molar-refractivity contribution is 0.0994. The Morgan fingerprint density at radius 1 is 1.06 bits per heavy atom. The average Bonchev–Trinajstić information content (AvgIpc) is 2.80. The van der Waals surface area contributed by atoms with Crippen molar-refractivity contribution in [3.05, 3.63) is 93.9 Å². The molecule has 31 heavy (non-hydrogen) atoms. The zero-order chi connectivity index (χ0) is 22.0. The van der Waals surface area contributed by atoms with Crippen LogP contribution in [0.2, 0.25) is 0 Å². The van der Waals surface area contributed by atoms with Crippen LogP contribution in [-0.4, -0.2) is 25.6 Å². The van der Waals surface area contributed by atoms with E-state index < -0.39 is 5.25 Å². The molecular weight excluding hydrogens is 406 g/mol. The maximum Gasteiger partial charge on any atom is 0.267 e. The van der Waals surface area contributed by atoms with Crippen LogP contribution < -0.4 is 5.56 Å². The van der Waals surface area contributed by atoms with E-state index >= 15 is 0 Å². The molecule has 0 fully saturated rings. The van der Waals surface area contributed by atoms with Gasteiger partial charge in [-0.25, -0.2) is 14.5 Å². The summed E-state index contributed by atoms with van der Waals surface area (Å²) >= 11 is 1.28. The molecule has 4 aromatic rings. The van der Waals surface area contributed by atoms with Crippen molar-refractivity contribution in [2.24, 2.45) is 0 Å². The zero-order valence-electron chi connectivity index (χ0n) is 17.7. The molecule has 0 saturated heterocycles. The molecule has 0 aliphatic heterocycles. The van der Waals surface area contributed by atoms with E-state index in [0.717, 1.165) is 12.0 Å². The Kier molecular flexibility index (Phi) is 6.00. The van der Waals surface area contributed by atoms with Crippen molar-refractivity contribution in [1.29, 1.82) is 0 Å². The maximum atomic E-state index is 13.4. The number of pyridine rings is 1. The second-order valence-electron chi connectivity index (χ2n) is 7.37. The van der Waals surface area contributed by atoms with Crippen LogP contribution in [0, 0.1) is 6.92 Å². The van der Waals surface area contributed by atoms with Crippen molar-refractivity contribution in [1.82, 2.24) is 14.5 Å². The van der Waals surface area contributed by atoms with E-state index in [1.807, 2.05) is 68.4 Å². The number of benzene rings is 2. The van der Waals surface area contributed by atoms with E-state index in [9.17, 15) is 9.59 Å². The molecule has 0 aliphatic rings. The quantitative estimate of drug-likeness (QED) is 0.245. The molecule has 0 spiro atoms. The lowest BCUT2D eigenvalue weighted by atomic mass is 10.1. The second-order valence-corrected chi connectivity index (χ2v) is 8.68. The number of rotatable bonds is 6. The third-order valence-electron chi connectivity index (χ3n) is 5.24. The number of nitrogens with zero attached hydrogens (tertiary/aromatic N) is 3. The molecule has 5 nitrogen and oxygen atoms in total. The predicted molar refractivity (Wildman–Crippen MR) is 125 cm³/mol. The smallest absolute Gasteiger partial charge is 0.267 e. The third kappa shape index (κ3) is 4.16. The number of carbonyl (C=O) groups excluding carboxylic acids is 1. The molecule has 4 rings (SSSR count). The van der Waals surface area contributed by atoms with Crippen molar-refractivity contribution in [2.45, 2.75) is 37.6 Å². The zero-order valence-corrected chi connectivity index (χ0v) is 18.5. The highest BCUT2D eigenvalue weighted by atomic mass is 32.2. The molecule has 6 heteroatoms. The Balaban J connectivity index is 1.79. The second kappa shape index (κ2) is 8.86. The molecule has 1 atom stereocenters. The number of Topliss-reactive ketones (excluding diaryl/α,β-unsaturated/α-hetero) is 1. The summed E-state index contributed by atoms with van der Waals surface area (Å²) < 4.78 is 1.52. The molecule has 0 bridgehead atoms. The van der Waals surface area contributed by atoms with Gasteiger partial charge >= 0.3 is 0 Å². The van der Waals surface area contributed by atoms with Crippen LogP contribution in [0.15, 0.2) is 76.8 Å². The summed E-state index contributed by atoms with van der Waals surface area (Å²) in [5.74, 6) is 0.527. The highest BCUT2D eigenvalue weighted by molar-refractivity contribution is 8.00. The van der Waals surface area contributed by atoms with Crippen LogP contribution in [0.5, 0.6) is 0 Å². The number of hydrogen-bond donors (Lipinski definition) is 0. The van der Waals surface area contributed by atoms with Gasteiger partial charge in [-0.1, -0.05) is 61.2 Å². The van der Waals surface area contributed by atoms with Gasteiger partial charge in [-0.05, 0) is 49.6 Å². The van der Waals surface area contributed by atoms with Crippen LogP contribution in [0.1, 0.15) is 35.3 Å². The van der Waals surface area contributed by atoms with E-state index in [4.69, 9.17) is 4.98 Å². The van der Waals surface area contributed by atoms with Gasteiger partial charge in [0.1, 0.15) is 5.82 Å². The summed E-state index contributed by atoms with van der Waals surface area (Å²) in [4.78, 5) is 35.6. The summed E-state index contributed by atoms with van der Waals surface area (Å²) in [7, 11) is 0. The molecule has 0 aliphatic carbocycles. The minimum absolute atomic E-state index is 0.000599. The Labute approximate surface area is 185 Å². The number of hydrogen-bond acceptors (Lipinski definition) is 5. The highest BCUT2D eigenvalue weighted by Crippen LogP contribution is 2.27. The minimum Gasteiger partial charge on any atom is -0.293 e. The summed E-state index contributed by atoms with van der Waals surface area (Å²) in [6, 6.07) is 18.7. The number of para-hydroxylation sites is 1. The lowest BCUT2D eigenvalue weighted by Gasteiger charge is -2.16. The largest absolute Gasteiger partial charge is 0.293 e. The Morgan fingerprint density at radius 3 is 2.52 bits per heavy atom. The molecule has 0 amide bonds. The fourth-order valence-electron chi connectivity index (χ4n) is 3.44. The lowest BCUT2D eigenvalue weighted by Crippen LogP contribution is -2.25. The maximum absolute atomic E-state index is 13.4. The fraction of sp³-hybridized carbons (Fsp3) is 0.200. The van der Waals surface area contributed by atoms with Gasteiger partial charge in [0.15, 0.2) is 10.9 Å². The van der Waals surface area contributed by atoms with Crippen molar-refractivity contribution >= 4 is 28.4 Å². The highest BCUT2D eigenvalue weighted by Gasteiger charge is 2.22. The molecular formula is C25H23N3O2S. The minimum atomic E-state index is -0.421. The van der Waals surface area contributed by atoms with Crippen LogP contribution in [0.4, 0.5) is 0 Å². The predicted octanol–water partition coefficient (Wildman–Crippen LogP) is 5.02. The van der Waals surface area contributed by atoms with Crippen LogP contribution >= 0.6 is 11.8 Å². The molecule has 0 radical (unpaired) electrons. The van der Waals surface area contributed by atoms with E-state index in [1.165, 1.54) is 21.9 Å². The van der Waals surface area contributed by atoms with E-state index in [1.54, 1.807) is 12.3 Å². The Hall–Kier alpha value is -3.25. The van der Waals surface area contributed by atoms with E-state index in [2.05, 4.69) is 11.9 Å². The van der Waals surface area contributed by atoms with Crippen molar-refractivity contribution < 1.29 is 4.79 Å². The van der Waals surface area contributed by atoms with Crippen molar-refractivity contribution in [3.63, 3.8) is 0 Å². The molecule has 2 aromatic heterocycles. The molecule has 156 valence electrons. The Bertz CT molecular complexity index is 1310. The first-order valence-electron chi connectivity index (χ1n) is 10.2. The molecule has 0 N–H and O–H groups in total. The summed E-state index contributed by atoms with van der Waals surface area (Å²) in [6.07, 6.45) is 2.58.